The monoisotopic (exact) mass is 275 g/mol. The highest BCUT2D eigenvalue weighted by Crippen LogP contribution is 2.27. The van der Waals surface area contributed by atoms with Gasteiger partial charge in [-0.2, -0.15) is 13.2 Å². The van der Waals surface area contributed by atoms with Crippen LogP contribution in [0, 0.1) is 0 Å². The Labute approximate surface area is 112 Å². The summed E-state index contributed by atoms with van der Waals surface area (Å²) in [6, 6.07) is 7.61. The fraction of sp³-hybridized carbons (Fsp3) is 0.571. The molecule has 19 heavy (non-hydrogen) atoms. The molecular weight excluding hydrogens is 255 g/mol. The SMILES string of the molecule is CCC(NC)c1ccccc1OCCCC(F)(F)F. The van der Waals surface area contributed by atoms with E-state index >= 15 is 0 Å². The topological polar surface area (TPSA) is 21.3 Å². The summed E-state index contributed by atoms with van der Waals surface area (Å²) in [6.45, 7) is 2.12. The van der Waals surface area contributed by atoms with Crippen LogP contribution in [0.3, 0.4) is 0 Å². The summed E-state index contributed by atoms with van der Waals surface area (Å²) in [5, 5.41) is 3.16. The fourth-order valence-electron chi connectivity index (χ4n) is 1.93. The van der Waals surface area contributed by atoms with Crippen molar-refractivity contribution in [1.82, 2.24) is 5.32 Å². The number of hydrogen-bond donors (Lipinski definition) is 1. The van der Waals surface area contributed by atoms with E-state index in [2.05, 4.69) is 5.32 Å². The van der Waals surface area contributed by atoms with Crippen molar-refractivity contribution >= 4 is 0 Å². The number of nitrogens with one attached hydrogen (secondary N) is 1. The van der Waals surface area contributed by atoms with Gasteiger partial charge in [-0.1, -0.05) is 25.1 Å². The van der Waals surface area contributed by atoms with Crippen molar-refractivity contribution in [3.05, 3.63) is 29.8 Å². The molecule has 2 nitrogen and oxygen atoms in total. The van der Waals surface area contributed by atoms with E-state index in [-0.39, 0.29) is 19.1 Å². The van der Waals surface area contributed by atoms with E-state index in [9.17, 15) is 13.2 Å². The van der Waals surface area contributed by atoms with E-state index in [1.165, 1.54) is 0 Å². The number of para-hydroxylation sites is 1. The van der Waals surface area contributed by atoms with Gasteiger partial charge in [0, 0.05) is 18.0 Å². The molecule has 1 aromatic carbocycles. The van der Waals surface area contributed by atoms with Crippen molar-refractivity contribution < 1.29 is 17.9 Å². The highest BCUT2D eigenvalue weighted by molar-refractivity contribution is 5.35. The third kappa shape index (κ3) is 5.51. The second kappa shape index (κ2) is 7.38. The first-order valence-electron chi connectivity index (χ1n) is 6.43. The van der Waals surface area contributed by atoms with Gasteiger partial charge < -0.3 is 10.1 Å². The van der Waals surface area contributed by atoms with Crippen molar-refractivity contribution in [2.75, 3.05) is 13.7 Å². The zero-order chi connectivity index (χ0) is 14.3. The molecule has 108 valence electrons. The number of alkyl halides is 3. The summed E-state index contributed by atoms with van der Waals surface area (Å²) in [4.78, 5) is 0. The zero-order valence-electron chi connectivity index (χ0n) is 11.3. The van der Waals surface area contributed by atoms with Gasteiger partial charge in [0.05, 0.1) is 6.61 Å². The van der Waals surface area contributed by atoms with Crippen LogP contribution >= 0.6 is 0 Å². The van der Waals surface area contributed by atoms with Gasteiger partial charge >= 0.3 is 6.18 Å². The molecule has 0 bridgehead atoms. The molecular formula is C14H20F3NO. The maximum Gasteiger partial charge on any atom is 0.389 e. The van der Waals surface area contributed by atoms with Gasteiger partial charge in [0.25, 0.3) is 0 Å². The molecule has 0 amide bonds. The summed E-state index contributed by atoms with van der Waals surface area (Å²) >= 11 is 0. The first-order chi connectivity index (χ1) is 8.98. The summed E-state index contributed by atoms with van der Waals surface area (Å²) in [5.74, 6) is 0.658. The molecule has 5 heteroatoms. The lowest BCUT2D eigenvalue weighted by atomic mass is 10.0. The summed E-state index contributed by atoms with van der Waals surface area (Å²) < 4.78 is 41.6. The predicted molar refractivity (Wildman–Crippen MR) is 69.3 cm³/mol. The number of rotatable bonds is 7. The van der Waals surface area contributed by atoms with Crippen LogP contribution in [0.25, 0.3) is 0 Å². The average Bonchev–Trinajstić information content (AvgIpc) is 2.36. The van der Waals surface area contributed by atoms with Crippen LogP contribution in [0.15, 0.2) is 24.3 Å². The molecule has 1 atom stereocenters. The van der Waals surface area contributed by atoms with E-state index in [1.54, 1.807) is 6.07 Å². The molecule has 0 radical (unpaired) electrons. The number of halogens is 3. The molecule has 0 spiro atoms. The number of ether oxygens (including phenoxy) is 1. The molecule has 0 aromatic heterocycles. The Bertz CT molecular complexity index is 375. The summed E-state index contributed by atoms with van der Waals surface area (Å²) in [6.07, 6.45) is -4.05. The molecule has 0 heterocycles. The minimum atomic E-state index is -4.11. The lowest BCUT2D eigenvalue weighted by molar-refractivity contribution is -0.136. The van der Waals surface area contributed by atoms with Gasteiger partial charge in [0.15, 0.2) is 0 Å². The van der Waals surface area contributed by atoms with Crippen LogP contribution in [0.2, 0.25) is 0 Å². The van der Waals surface area contributed by atoms with Crippen LogP contribution in [0.5, 0.6) is 5.75 Å². The van der Waals surface area contributed by atoms with Crippen LogP contribution < -0.4 is 10.1 Å². The average molecular weight is 275 g/mol. The van der Waals surface area contributed by atoms with Gasteiger partial charge in [0.1, 0.15) is 5.75 Å². The molecule has 1 unspecified atom stereocenters. The maximum absolute atomic E-state index is 12.0. The zero-order valence-corrected chi connectivity index (χ0v) is 11.3. The minimum Gasteiger partial charge on any atom is -0.493 e. The highest BCUT2D eigenvalue weighted by atomic mass is 19.4. The second-order valence-electron chi connectivity index (χ2n) is 4.35. The standard InChI is InChI=1S/C14H20F3NO/c1-3-12(18-2)11-7-4-5-8-13(11)19-10-6-9-14(15,16)17/h4-5,7-8,12,18H,3,6,9-10H2,1-2H3. The molecule has 1 aromatic rings. The van der Waals surface area contributed by atoms with Crippen molar-refractivity contribution in [3.8, 4) is 5.75 Å². The summed E-state index contributed by atoms with van der Waals surface area (Å²) in [7, 11) is 1.86. The summed E-state index contributed by atoms with van der Waals surface area (Å²) in [5.41, 5.74) is 0.986. The van der Waals surface area contributed by atoms with Crippen LogP contribution in [0.1, 0.15) is 37.8 Å². The van der Waals surface area contributed by atoms with Gasteiger partial charge in [-0.3, -0.25) is 0 Å². The Morgan fingerprint density at radius 1 is 1.26 bits per heavy atom. The molecule has 0 aliphatic rings. The van der Waals surface area contributed by atoms with E-state index in [0.29, 0.717) is 5.75 Å². The van der Waals surface area contributed by atoms with Crippen LogP contribution in [0.4, 0.5) is 13.2 Å². The van der Waals surface area contributed by atoms with Gasteiger partial charge in [-0.15, -0.1) is 0 Å². The minimum absolute atomic E-state index is 0.0197. The number of hydrogen-bond acceptors (Lipinski definition) is 2. The van der Waals surface area contributed by atoms with Crippen molar-refractivity contribution in [3.63, 3.8) is 0 Å². The molecule has 1 N–H and O–H groups in total. The van der Waals surface area contributed by atoms with Gasteiger partial charge in [-0.25, -0.2) is 0 Å². The van der Waals surface area contributed by atoms with Crippen LogP contribution in [-0.4, -0.2) is 19.8 Å². The van der Waals surface area contributed by atoms with Gasteiger partial charge in [-0.05, 0) is 26.0 Å². The molecule has 1 rings (SSSR count). The Morgan fingerprint density at radius 3 is 2.53 bits per heavy atom. The first kappa shape index (κ1) is 15.8. The quantitative estimate of drug-likeness (QED) is 0.757. The Balaban J connectivity index is 2.58. The third-order valence-electron chi connectivity index (χ3n) is 2.91. The Morgan fingerprint density at radius 2 is 1.95 bits per heavy atom. The first-order valence-corrected chi connectivity index (χ1v) is 6.43. The normalized spacial score (nSPS) is 13.3. The van der Waals surface area contributed by atoms with Crippen LogP contribution in [-0.2, 0) is 0 Å². The highest BCUT2D eigenvalue weighted by Gasteiger charge is 2.26. The van der Waals surface area contributed by atoms with E-state index in [4.69, 9.17) is 4.74 Å². The fourth-order valence-corrected chi connectivity index (χ4v) is 1.93. The van der Waals surface area contributed by atoms with Crippen molar-refractivity contribution in [2.24, 2.45) is 0 Å². The molecule has 0 saturated carbocycles. The van der Waals surface area contributed by atoms with Crippen molar-refractivity contribution in [1.29, 1.82) is 0 Å². The molecule has 0 aliphatic heterocycles. The lowest BCUT2D eigenvalue weighted by Crippen LogP contribution is -2.17. The Kier molecular flexibility index (Phi) is 6.15. The van der Waals surface area contributed by atoms with E-state index in [0.717, 1.165) is 12.0 Å². The Hall–Kier alpha value is -1.23. The third-order valence-corrected chi connectivity index (χ3v) is 2.91. The van der Waals surface area contributed by atoms with E-state index < -0.39 is 12.6 Å². The number of benzene rings is 1. The smallest absolute Gasteiger partial charge is 0.389 e. The molecule has 0 fully saturated rings. The largest absolute Gasteiger partial charge is 0.493 e. The van der Waals surface area contributed by atoms with E-state index in [1.807, 2.05) is 32.2 Å². The van der Waals surface area contributed by atoms with Crippen molar-refractivity contribution in [2.45, 2.75) is 38.4 Å². The predicted octanol–water partition coefficient (Wildman–Crippen LogP) is 4.08. The molecule has 0 saturated heterocycles. The lowest BCUT2D eigenvalue weighted by Gasteiger charge is -2.18. The molecule has 0 aliphatic carbocycles. The second-order valence-corrected chi connectivity index (χ2v) is 4.35. The van der Waals surface area contributed by atoms with Gasteiger partial charge in [0.2, 0.25) is 0 Å². The maximum atomic E-state index is 12.0.